The van der Waals surface area contributed by atoms with E-state index in [-0.39, 0.29) is 18.6 Å². The summed E-state index contributed by atoms with van der Waals surface area (Å²) >= 11 is 0. The lowest BCUT2D eigenvalue weighted by Crippen LogP contribution is -2.37. The van der Waals surface area contributed by atoms with Crippen molar-refractivity contribution >= 4 is 28.5 Å². The first kappa shape index (κ1) is 19.1. The molecule has 0 spiro atoms. The summed E-state index contributed by atoms with van der Waals surface area (Å²) in [4.78, 5) is 40.5. The van der Waals surface area contributed by atoms with Crippen LogP contribution in [-0.2, 0) is 16.1 Å². The molecule has 0 saturated carbocycles. The minimum absolute atomic E-state index is 0.205. The Hall–Kier alpha value is -3.68. The minimum atomic E-state index is -0.454. The maximum Gasteiger partial charge on any atom is 0.269 e. The number of anilines is 1. The molecule has 8 heteroatoms. The van der Waals surface area contributed by atoms with Crippen LogP contribution in [0.3, 0.4) is 0 Å². The average molecular weight is 380 g/mol. The van der Waals surface area contributed by atoms with Gasteiger partial charge in [0.2, 0.25) is 11.8 Å². The van der Waals surface area contributed by atoms with Crippen LogP contribution >= 0.6 is 0 Å². The van der Waals surface area contributed by atoms with E-state index in [9.17, 15) is 14.4 Å². The van der Waals surface area contributed by atoms with Gasteiger partial charge < -0.3 is 15.4 Å². The van der Waals surface area contributed by atoms with E-state index in [0.717, 1.165) is 5.56 Å². The lowest BCUT2D eigenvalue weighted by molar-refractivity contribution is -0.124. The molecular formula is C20H20N4O4. The van der Waals surface area contributed by atoms with E-state index in [1.165, 1.54) is 17.9 Å². The molecule has 144 valence electrons. The monoisotopic (exact) mass is 380 g/mol. The molecule has 0 aliphatic rings. The van der Waals surface area contributed by atoms with E-state index < -0.39 is 11.8 Å². The quantitative estimate of drug-likeness (QED) is 0.674. The number of rotatable bonds is 6. The molecule has 2 amide bonds. The third-order valence-corrected chi connectivity index (χ3v) is 4.13. The number of aryl methyl sites for hydroxylation is 1. The lowest BCUT2D eigenvalue weighted by Gasteiger charge is -2.12. The van der Waals surface area contributed by atoms with E-state index >= 15 is 0 Å². The topological polar surface area (TPSA) is 102 Å². The fourth-order valence-electron chi connectivity index (χ4n) is 2.77. The Morgan fingerprint density at radius 2 is 1.93 bits per heavy atom. The zero-order chi connectivity index (χ0) is 20.1. The summed E-state index contributed by atoms with van der Waals surface area (Å²) in [6.07, 6.45) is 1.17. The Balaban J connectivity index is 1.64. The molecule has 0 radical (unpaired) electrons. The first-order valence-corrected chi connectivity index (χ1v) is 8.63. The van der Waals surface area contributed by atoms with E-state index in [4.69, 9.17) is 4.74 Å². The van der Waals surface area contributed by atoms with Crippen LogP contribution < -0.4 is 20.9 Å². The van der Waals surface area contributed by atoms with Crippen molar-refractivity contribution in [3.05, 3.63) is 64.6 Å². The molecule has 1 aromatic heterocycles. The first-order chi connectivity index (χ1) is 13.5. The van der Waals surface area contributed by atoms with Gasteiger partial charge in [-0.15, -0.1) is 0 Å². The molecule has 28 heavy (non-hydrogen) atoms. The number of fused-ring (bicyclic) bond motifs is 1. The number of benzene rings is 2. The second kappa shape index (κ2) is 8.34. The summed E-state index contributed by atoms with van der Waals surface area (Å²) in [6, 6.07) is 12.4. The highest BCUT2D eigenvalue weighted by molar-refractivity contribution is 5.95. The zero-order valence-electron chi connectivity index (χ0n) is 15.6. The van der Waals surface area contributed by atoms with Crippen LogP contribution in [-0.4, -0.2) is 35.0 Å². The number of methoxy groups -OCH3 is 1. The molecule has 0 saturated heterocycles. The fourth-order valence-corrected chi connectivity index (χ4v) is 2.77. The third-order valence-electron chi connectivity index (χ3n) is 4.13. The number of hydrogen-bond acceptors (Lipinski definition) is 5. The van der Waals surface area contributed by atoms with Crippen molar-refractivity contribution < 1.29 is 14.3 Å². The smallest absolute Gasteiger partial charge is 0.269 e. The van der Waals surface area contributed by atoms with Crippen molar-refractivity contribution in [1.29, 1.82) is 0 Å². The van der Waals surface area contributed by atoms with Crippen molar-refractivity contribution in [1.82, 2.24) is 14.9 Å². The molecule has 3 aromatic rings. The van der Waals surface area contributed by atoms with Gasteiger partial charge >= 0.3 is 0 Å². The van der Waals surface area contributed by atoms with Gasteiger partial charge in [-0.3, -0.25) is 19.0 Å². The SMILES string of the molecule is COc1ccc(C)cc1NC(=O)CNC(=O)Cn1c(=O)cnc2ccccc21. The Labute approximate surface area is 161 Å². The molecule has 3 rings (SSSR count). The molecule has 0 aliphatic heterocycles. The summed E-state index contributed by atoms with van der Waals surface area (Å²) < 4.78 is 6.53. The molecule has 0 atom stereocenters. The van der Waals surface area contributed by atoms with Crippen molar-refractivity contribution in [2.45, 2.75) is 13.5 Å². The minimum Gasteiger partial charge on any atom is -0.495 e. The van der Waals surface area contributed by atoms with Crippen LogP contribution in [0.1, 0.15) is 5.56 Å². The molecule has 0 bridgehead atoms. The molecule has 0 aliphatic carbocycles. The number of ether oxygens (including phenoxy) is 1. The van der Waals surface area contributed by atoms with Gasteiger partial charge in [0.25, 0.3) is 5.56 Å². The molecule has 1 heterocycles. The fraction of sp³-hybridized carbons (Fsp3) is 0.200. The van der Waals surface area contributed by atoms with E-state index in [0.29, 0.717) is 22.5 Å². The molecule has 0 fully saturated rings. The van der Waals surface area contributed by atoms with Crippen LogP contribution in [0.4, 0.5) is 5.69 Å². The maximum atomic E-state index is 12.2. The van der Waals surface area contributed by atoms with Crippen LogP contribution in [0.15, 0.2) is 53.5 Å². The van der Waals surface area contributed by atoms with Gasteiger partial charge in [0, 0.05) is 0 Å². The molecule has 2 N–H and O–H groups in total. The van der Waals surface area contributed by atoms with Gasteiger partial charge in [-0.25, -0.2) is 4.98 Å². The summed E-state index contributed by atoms with van der Waals surface area (Å²) in [5, 5.41) is 5.23. The number of aromatic nitrogens is 2. The summed E-state index contributed by atoms with van der Waals surface area (Å²) in [6.45, 7) is 1.46. The predicted molar refractivity (Wildman–Crippen MR) is 105 cm³/mol. The number of amides is 2. The zero-order valence-corrected chi connectivity index (χ0v) is 15.6. The normalized spacial score (nSPS) is 10.5. The van der Waals surface area contributed by atoms with Gasteiger partial charge in [0.05, 0.1) is 36.6 Å². The van der Waals surface area contributed by atoms with Gasteiger partial charge in [0.15, 0.2) is 0 Å². The number of carbonyl (C=O) groups is 2. The van der Waals surface area contributed by atoms with Crippen LogP contribution in [0.5, 0.6) is 5.75 Å². The van der Waals surface area contributed by atoms with Crippen molar-refractivity contribution in [2.24, 2.45) is 0 Å². The standard InChI is InChI=1S/C20H20N4O4/c1-13-7-8-17(28-2)15(9-13)23-18(25)10-22-19(26)12-24-16-6-4-3-5-14(16)21-11-20(24)27/h3-9,11H,10,12H2,1-2H3,(H,22,26)(H,23,25). The predicted octanol–water partition coefficient (Wildman–Crippen LogP) is 1.47. The highest BCUT2D eigenvalue weighted by Gasteiger charge is 2.12. The Morgan fingerprint density at radius 1 is 1.14 bits per heavy atom. The Kier molecular flexibility index (Phi) is 5.69. The Morgan fingerprint density at radius 3 is 2.71 bits per heavy atom. The number of hydrogen-bond donors (Lipinski definition) is 2. The van der Waals surface area contributed by atoms with Crippen molar-refractivity contribution in [3.8, 4) is 5.75 Å². The highest BCUT2D eigenvalue weighted by Crippen LogP contribution is 2.24. The average Bonchev–Trinajstić information content (AvgIpc) is 2.69. The molecular weight excluding hydrogens is 360 g/mol. The van der Waals surface area contributed by atoms with Gasteiger partial charge in [-0.05, 0) is 36.8 Å². The second-order valence-corrected chi connectivity index (χ2v) is 6.20. The van der Waals surface area contributed by atoms with E-state index in [1.807, 2.05) is 13.0 Å². The van der Waals surface area contributed by atoms with Crippen LogP contribution in [0, 0.1) is 6.92 Å². The number of nitrogens with one attached hydrogen (secondary N) is 2. The van der Waals surface area contributed by atoms with Crippen LogP contribution in [0.25, 0.3) is 11.0 Å². The Bertz CT molecular complexity index is 1090. The van der Waals surface area contributed by atoms with E-state index in [1.54, 1.807) is 36.4 Å². The van der Waals surface area contributed by atoms with Crippen LogP contribution in [0.2, 0.25) is 0 Å². The molecule has 2 aromatic carbocycles. The third kappa shape index (κ3) is 4.35. The summed E-state index contributed by atoms with van der Waals surface area (Å²) in [7, 11) is 1.51. The molecule has 0 unspecified atom stereocenters. The summed E-state index contributed by atoms with van der Waals surface area (Å²) in [5.74, 6) is -0.325. The van der Waals surface area contributed by atoms with Crippen molar-refractivity contribution in [3.63, 3.8) is 0 Å². The number of nitrogens with zero attached hydrogens (tertiary/aromatic N) is 2. The van der Waals surface area contributed by atoms with Gasteiger partial charge in [0.1, 0.15) is 12.3 Å². The second-order valence-electron chi connectivity index (χ2n) is 6.20. The van der Waals surface area contributed by atoms with Gasteiger partial charge in [-0.2, -0.15) is 0 Å². The largest absolute Gasteiger partial charge is 0.495 e. The number of para-hydroxylation sites is 2. The molecule has 8 nitrogen and oxygen atoms in total. The highest BCUT2D eigenvalue weighted by atomic mass is 16.5. The summed E-state index contributed by atoms with van der Waals surface area (Å²) in [5.41, 5.74) is 2.27. The maximum absolute atomic E-state index is 12.2. The first-order valence-electron chi connectivity index (χ1n) is 8.63. The van der Waals surface area contributed by atoms with Gasteiger partial charge in [-0.1, -0.05) is 18.2 Å². The van der Waals surface area contributed by atoms with Crippen molar-refractivity contribution in [2.75, 3.05) is 19.0 Å². The lowest BCUT2D eigenvalue weighted by atomic mass is 10.2. The van der Waals surface area contributed by atoms with E-state index in [2.05, 4.69) is 15.6 Å². The number of carbonyl (C=O) groups excluding carboxylic acids is 2.